The number of aromatic amines is 1. The summed E-state index contributed by atoms with van der Waals surface area (Å²) in [6, 6.07) is 9.44. The summed E-state index contributed by atoms with van der Waals surface area (Å²) in [6.45, 7) is 0.619. The molecule has 0 saturated heterocycles. The molecule has 0 bridgehead atoms. The summed E-state index contributed by atoms with van der Waals surface area (Å²) >= 11 is 12.2. The molecule has 1 N–H and O–H groups in total. The van der Waals surface area contributed by atoms with Crippen LogP contribution < -0.4 is 0 Å². The Hall–Kier alpha value is -2.11. The van der Waals surface area contributed by atoms with E-state index in [4.69, 9.17) is 23.2 Å². The highest BCUT2D eigenvalue weighted by Gasteiger charge is 2.13. The van der Waals surface area contributed by atoms with Gasteiger partial charge in [-0.15, -0.1) is 5.10 Å². The highest BCUT2D eigenvalue weighted by atomic mass is 35.5. The van der Waals surface area contributed by atoms with Crippen LogP contribution in [0.3, 0.4) is 0 Å². The van der Waals surface area contributed by atoms with Crippen molar-refractivity contribution >= 4 is 29.4 Å². The van der Waals surface area contributed by atoms with Gasteiger partial charge < -0.3 is 4.57 Å². The van der Waals surface area contributed by atoms with Gasteiger partial charge in [0.05, 0.1) is 5.69 Å². The molecule has 22 heavy (non-hydrogen) atoms. The minimum atomic E-state index is 0.619. The van der Waals surface area contributed by atoms with Gasteiger partial charge in [0.2, 0.25) is 0 Å². The molecule has 5 nitrogen and oxygen atoms in total. The molecule has 2 heterocycles. The van der Waals surface area contributed by atoms with Crippen LogP contribution in [0.1, 0.15) is 11.3 Å². The number of benzene rings is 1. The van der Waals surface area contributed by atoms with Crippen LogP contribution in [0.25, 0.3) is 11.4 Å². The van der Waals surface area contributed by atoms with Crippen LogP contribution in [-0.2, 0) is 6.54 Å². The highest BCUT2D eigenvalue weighted by Crippen LogP contribution is 2.25. The predicted octanol–water partition coefficient (Wildman–Crippen LogP) is 3.68. The molecule has 112 valence electrons. The van der Waals surface area contributed by atoms with Crippen molar-refractivity contribution in [3.8, 4) is 11.4 Å². The van der Waals surface area contributed by atoms with E-state index in [2.05, 4.69) is 25.0 Å². The first kappa shape index (κ1) is 14.8. The number of rotatable bonds is 4. The SMILES string of the molecule is C/N=C/c1[nH]nnc1-c1cccn1Cc1ccc(Cl)cc1Cl. The average Bonchev–Trinajstić information content (AvgIpc) is 3.11. The predicted molar refractivity (Wildman–Crippen MR) is 88.9 cm³/mol. The zero-order valence-electron chi connectivity index (χ0n) is 11.8. The van der Waals surface area contributed by atoms with Gasteiger partial charge in [-0.25, -0.2) is 0 Å². The van der Waals surface area contributed by atoms with Crippen LogP contribution in [0.2, 0.25) is 10.0 Å². The maximum absolute atomic E-state index is 6.25. The third kappa shape index (κ3) is 2.91. The Balaban J connectivity index is 1.97. The highest BCUT2D eigenvalue weighted by molar-refractivity contribution is 6.35. The molecule has 0 amide bonds. The van der Waals surface area contributed by atoms with E-state index in [0.717, 1.165) is 22.6 Å². The number of nitrogens with zero attached hydrogens (tertiary/aromatic N) is 4. The Bertz CT molecular complexity index is 819. The molecule has 0 radical (unpaired) electrons. The number of nitrogens with one attached hydrogen (secondary N) is 1. The topological polar surface area (TPSA) is 58.9 Å². The van der Waals surface area contributed by atoms with Crippen LogP contribution in [0, 0.1) is 0 Å². The second-order valence-electron chi connectivity index (χ2n) is 4.72. The lowest BCUT2D eigenvalue weighted by atomic mass is 10.2. The Labute approximate surface area is 137 Å². The van der Waals surface area contributed by atoms with Crippen LogP contribution in [-0.4, -0.2) is 33.2 Å². The first-order valence-corrected chi connectivity index (χ1v) is 7.37. The smallest absolute Gasteiger partial charge is 0.138 e. The van der Waals surface area contributed by atoms with Gasteiger partial charge in [-0.3, -0.25) is 10.1 Å². The van der Waals surface area contributed by atoms with E-state index >= 15 is 0 Å². The monoisotopic (exact) mass is 333 g/mol. The molecule has 0 aliphatic rings. The Morgan fingerprint density at radius 3 is 2.95 bits per heavy atom. The zero-order valence-corrected chi connectivity index (χ0v) is 13.3. The fourth-order valence-electron chi connectivity index (χ4n) is 2.24. The molecule has 0 spiro atoms. The molecule has 0 saturated carbocycles. The van der Waals surface area contributed by atoms with Crippen LogP contribution in [0.5, 0.6) is 0 Å². The summed E-state index contributed by atoms with van der Waals surface area (Å²) in [4.78, 5) is 4.00. The van der Waals surface area contributed by atoms with E-state index in [1.807, 2.05) is 30.5 Å². The average molecular weight is 334 g/mol. The van der Waals surface area contributed by atoms with Crippen molar-refractivity contribution in [3.63, 3.8) is 0 Å². The van der Waals surface area contributed by atoms with E-state index in [0.29, 0.717) is 16.6 Å². The van der Waals surface area contributed by atoms with Gasteiger partial charge >= 0.3 is 0 Å². The van der Waals surface area contributed by atoms with Crippen LogP contribution in [0.15, 0.2) is 41.5 Å². The number of H-pyrrole nitrogens is 1. The quantitative estimate of drug-likeness (QED) is 0.740. The summed E-state index contributed by atoms with van der Waals surface area (Å²) < 4.78 is 2.06. The van der Waals surface area contributed by atoms with Crippen molar-refractivity contribution in [1.29, 1.82) is 0 Å². The van der Waals surface area contributed by atoms with Gasteiger partial charge in [-0.2, -0.15) is 0 Å². The molecule has 3 aromatic rings. The van der Waals surface area contributed by atoms with Crippen molar-refractivity contribution in [2.24, 2.45) is 4.99 Å². The number of hydrogen-bond acceptors (Lipinski definition) is 3. The molecule has 0 atom stereocenters. The molecule has 0 aliphatic heterocycles. The van der Waals surface area contributed by atoms with E-state index in [9.17, 15) is 0 Å². The Morgan fingerprint density at radius 2 is 2.18 bits per heavy atom. The summed E-state index contributed by atoms with van der Waals surface area (Å²) in [5.41, 5.74) is 3.44. The second kappa shape index (κ2) is 6.34. The minimum absolute atomic E-state index is 0.619. The van der Waals surface area contributed by atoms with Crippen molar-refractivity contribution in [1.82, 2.24) is 20.0 Å². The van der Waals surface area contributed by atoms with Gasteiger partial charge in [-0.1, -0.05) is 34.5 Å². The van der Waals surface area contributed by atoms with Crippen molar-refractivity contribution in [2.75, 3.05) is 7.05 Å². The van der Waals surface area contributed by atoms with E-state index < -0.39 is 0 Å². The molecule has 3 rings (SSSR count). The number of hydrogen-bond donors (Lipinski definition) is 1. The standard InChI is InChI=1S/C15H13Cl2N5/c1-18-8-13-15(20-21-19-13)14-3-2-6-22(14)9-10-4-5-11(16)7-12(10)17/h2-8H,9H2,1H3,(H,19,20,21)/b18-8+. The largest absolute Gasteiger partial charge is 0.342 e. The first-order chi connectivity index (χ1) is 10.7. The van der Waals surface area contributed by atoms with Crippen molar-refractivity contribution in [3.05, 3.63) is 57.8 Å². The van der Waals surface area contributed by atoms with Gasteiger partial charge in [-0.05, 0) is 29.8 Å². The molecular weight excluding hydrogens is 321 g/mol. The van der Waals surface area contributed by atoms with Gasteiger partial charge in [0.25, 0.3) is 0 Å². The van der Waals surface area contributed by atoms with Crippen LogP contribution >= 0.6 is 23.2 Å². The van der Waals surface area contributed by atoms with Crippen molar-refractivity contribution in [2.45, 2.75) is 6.54 Å². The molecule has 0 unspecified atom stereocenters. The number of aromatic nitrogens is 4. The Kier molecular flexibility index (Phi) is 4.27. The van der Waals surface area contributed by atoms with Crippen LogP contribution in [0.4, 0.5) is 0 Å². The fraction of sp³-hybridized carbons (Fsp3) is 0.133. The van der Waals surface area contributed by atoms with Gasteiger partial charge in [0.1, 0.15) is 11.4 Å². The van der Waals surface area contributed by atoms with E-state index in [-0.39, 0.29) is 0 Å². The lowest BCUT2D eigenvalue weighted by Gasteiger charge is -2.10. The molecule has 1 aromatic carbocycles. The van der Waals surface area contributed by atoms with E-state index in [1.165, 1.54) is 0 Å². The number of halogens is 2. The molecule has 2 aromatic heterocycles. The lowest BCUT2D eigenvalue weighted by Crippen LogP contribution is -2.02. The molecule has 0 aliphatic carbocycles. The second-order valence-corrected chi connectivity index (χ2v) is 5.56. The first-order valence-electron chi connectivity index (χ1n) is 6.61. The van der Waals surface area contributed by atoms with Gasteiger partial charge in [0.15, 0.2) is 0 Å². The number of aliphatic imine (C=N–C) groups is 1. The molecular formula is C15H13Cl2N5. The maximum Gasteiger partial charge on any atom is 0.138 e. The normalized spacial score (nSPS) is 11.4. The van der Waals surface area contributed by atoms with E-state index in [1.54, 1.807) is 19.3 Å². The molecule has 0 fully saturated rings. The fourth-order valence-corrected chi connectivity index (χ4v) is 2.71. The third-order valence-electron chi connectivity index (χ3n) is 3.26. The maximum atomic E-state index is 6.25. The molecule has 7 heteroatoms. The summed E-state index contributed by atoms with van der Waals surface area (Å²) in [6.07, 6.45) is 3.67. The van der Waals surface area contributed by atoms with Crippen molar-refractivity contribution < 1.29 is 0 Å². The van der Waals surface area contributed by atoms with Gasteiger partial charge in [0, 0.05) is 36.0 Å². The summed E-state index contributed by atoms with van der Waals surface area (Å²) in [5, 5.41) is 12.1. The minimum Gasteiger partial charge on any atom is -0.342 e. The summed E-state index contributed by atoms with van der Waals surface area (Å²) in [7, 11) is 1.71. The summed E-state index contributed by atoms with van der Waals surface area (Å²) in [5.74, 6) is 0. The zero-order chi connectivity index (χ0) is 15.5. The Morgan fingerprint density at radius 1 is 1.32 bits per heavy atom. The lowest BCUT2D eigenvalue weighted by molar-refractivity contribution is 0.810. The third-order valence-corrected chi connectivity index (χ3v) is 3.85.